The molecule has 120 valence electrons. The molecule has 23 heavy (non-hydrogen) atoms. The van der Waals surface area contributed by atoms with Crippen molar-refractivity contribution in [1.29, 1.82) is 0 Å². The van der Waals surface area contributed by atoms with Crippen molar-refractivity contribution in [2.45, 2.75) is 31.7 Å². The molecule has 4 nitrogen and oxygen atoms in total. The van der Waals surface area contributed by atoms with E-state index in [1.165, 1.54) is 10.4 Å². The standard InChI is InChI=1S/C18H19NO3S/c1-11-7-8-23-16(11)13-10-14(13)17(20)19-15(18(21)22)9-12-5-3-2-4-6-12/h2-8,13-15H,9-10H2,1H3,(H,19,20)(H,21,22). The lowest BCUT2D eigenvalue weighted by Crippen LogP contribution is -2.43. The Kier molecular flexibility index (Phi) is 4.48. The number of aryl methyl sites for hydroxylation is 1. The van der Waals surface area contributed by atoms with Gasteiger partial charge in [0.2, 0.25) is 5.91 Å². The van der Waals surface area contributed by atoms with Crippen molar-refractivity contribution in [1.82, 2.24) is 5.32 Å². The number of rotatable bonds is 6. The minimum atomic E-state index is -0.994. The number of carbonyl (C=O) groups excluding carboxylic acids is 1. The summed E-state index contributed by atoms with van der Waals surface area (Å²) in [4.78, 5) is 25.0. The van der Waals surface area contributed by atoms with Crippen molar-refractivity contribution in [3.05, 3.63) is 57.8 Å². The molecule has 1 fully saturated rings. The molecule has 3 rings (SSSR count). The average Bonchev–Trinajstić information content (AvgIpc) is 3.22. The van der Waals surface area contributed by atoms with E-state index in [1.807, 2.05) is 35.7 Å². The number of thiophene rings is 1. The lowest BCUT2D eigenvalue weighted by atomic mass is 10.1. The zero-order valence-corrected chi connectivity index (χ0v) is 13.7. The van der Waals surface area contributed by atoms with Crippen molar-refractivity contribution in [3.63, 3.8) is 0 Å². The van der Waals surface area contributed by atoms with Crippen LogP contribution in [0.2, 0.25) is 0 Å². The van der Waals surface area contributed by atoms with Gasteiger partial charge in [-0.25, -0.2) is 4.79 Å². The van der Waals surface area contributed by atoms with Crippen LogP contribution < -0.4 is 5.32 Å². The SMILES string of the molecule is Cc1ccsc1C1CC1C(=O)NC(Cc1ccccc1)C(=O)O. The summed E-state index contributed by atoms with van der Waals surface area (Å²) in [6.45, 7) is 2.05. The summed E-state index contributed by atoms with van der Waals surface area (Å²) in [6, 6.07) is 10.5. The zero-order chi connectivity index (χ0) is 16.4. The van der Waals surface area contributed by atoms with Crippen LogP contribution in [0.25, 0.3) is 0 Å². The number of carboxylic acids is 1. The summed E-state index contributed by atoms with van der Waals surface area (Å²) in [5.74, 6) is -0.982. The minimum absolute atomic E-state index is 0.0926. The summed E-state index contributed by atoms with van der Waals surface area (Å²) in [5.41, 5.74) is 2.12. The Morgan fingerprint density at radius 3 is 2.65 bits per heavy atom. The minimum Gasteiger partial charge on any atom is -0.480 e. The lowest BCUT2D eigenvalue weighted by Gasteiger charge is -2.14. The van der Waals surface area contributed by atoms with Gasteiger partial charge in [0.25, 0.3) is 0 Å². The van der Waals surface area contributed by atoms with E-state index in [0.29, 0.717) is 6.42 Å². The number of aliphatic carboxylic acids is 1. The first kappa shape index (κ1) is 15.7. The molecule has 3 unspecified atom stereocenters. The molecule has 0 saturated heterocycles. The maximum absolute atomic E-state index is 12.4. The first-order chi connectivity index (χ1) is 11.1. The second-order valence-corrected chi connectivity index (χ2v) is 6.95. The third-order valence-electron chi connectivity index (χ3n) is 4.26. The smallest absolute Gasteiger partial charge is 0.326 e. The van der Waals surface area contributed by atoms with E-state index in [2.05, 4.69) is 18.3 Å². The number of hydrogen-bond donors (Lipinski definition) is 2. The summed E-state index contributed by atoms with van der Waals surface area (Å²) < 4.78 is 0. The van der Waals surface area contributed by atoms with Gasteiger partial charge in [0, 0.05) is 23.1 Å². The van der Waals surface area contributed by atoms with E-state index in [4.69, 9.17) is 0 Å². The maximum atomic E-state index is 12.4. The third kappa shape index (κ3) is 3.62. The monoisotopic (exact) mass is 329 g/mol. The van der Waals surface area contributed by atoms with Crippen molar-refractivity contribution in [2.24, 2.45) is 5.92 Å². The summed E-state index contributed by atoms with van der Waals surface area (Å²) in [7, 11) is 0. The lowest BCUT2D eigenvalue weighted by molar-refractivity contribution is -0.142. The van der Waals surface area contributed by atoms with Crippen LogP contribution >= 0.6 is 11.3 Å². The first-order valence-electron chi connectivity index (χ1n) is 7.67. The predicted molar refractivity (Wildman–Crippen MR) is 89.6 cm³/mol. The van der Waals surface area contributed by atoms with E-state index in [0.717, 1.165) is 12.0 Å². The molecular formula is C18H19NO3S. The van der Waals surface area contributed by atoms with Crippen molar-refractivity contribution in [3.8, 4) is 0 Å². The number of nitrogens with one attached hydrogen (secondary N) is 1. The van der Waals surface area contributed by atoms with Gasteiger partial charge in [-0.3, -0.25) is 4.79 Å². The molecule has 2 N–H and O–H groups in total. The van der Waals surface area contributed by atoms with Gasteiger partial charge in [-0.05, 0) is 35.9 Å². The van der Waals surface area contributed by atoms with Crippen LogP contribution in [0.1, 0.15) is 28.3 Å². The fourth-order valence-electron chi connectivity index (χ4n) is 2.87. The third-order valence-corrected chi connectivity index (χ3v) is 5.41. The van der Waals surface area contributed by atoms with Crippen molar-refractivity contribution < 1.29 is 14.7 Å². The van der Waals surface area contributed by atoms with Crippen molar-refractivity contribution >= 4 is 23.2 Å². The molecule has 1 aromatic carbocycles. The molecule has 0 aliphatic heterocycles. The largest absolute Gasteiger partial charge is 0.480 e. The molecule has 1 aliphatic carbocycles. The predicted octanol–water partition coefficient (Wildman–Crippen LogP) is 2.97. The molecule has 0 spiro atoms. The van der Waals surface area contributed by atoms with Gasteiger partial charge in [-0.1, -0.05) is 30.3 Å². The first-order valence-corrected chi connectivity index (χ1v) is 8.55. The quantitative estimate of drug-likeness (QED) is 0.856. The molecule has 3 atom stereocenters. The van der Waals surface area contributed by atoms with Gasteiger partial charge in [-0.2, -0.15) is 0 Å². The fraction of sp³-hybridized carbons (Fsp3) is 0.333. The molecule has 0 radical (unpaired) electrons. The number of carbonyl (C=O) groups is 2. The molecule has 2 aromatic rings. The summed E-state index contributed by atoms with van der Waals surface area (Å²) >= 11 is 1.67. The van der Waals surface area contributed by atoms with Crippen LogP contribution in [0.4, 0.5) is 0 Å². The Morgan fingerprint density at radius 1 is 1.30 bits per heavy atom. The van der Waals surface area contributed by atoms with E-state index in [9.17, 15) is 14.7 Å². The maximum Gasteiger partial charge on any atom is 0.326 e. The highest BCUT2D eigenvalue weighted by atomic mass is 32.1. The second kappa shape index (κ2) is 6.54. The Balaban J connectivity index is 1.62. The normalized spacial score (nSPS) is 20.7. The van der Waals surface area contributed by atoms with Crippen LogP contribution in [0.3, 0.4) is 0 Å². The molecule has 1 aromatic heterocycles. The molecule has 0 bridgehead atoms. The molecule has 1 aliphatic rings. The fourth-order valence-corrected chi connectivity index (χ4v) is 3.98. The number of benzene rings is 1. The van der Waals surface area contributed by atoms with Crippen LogP contribution in [0.5, 0.6) is 0 Å². The summed E-state index contributed by atoms with van der Waals surface area (Å²) in [6.07, 6.45) is 1.11. The van der Waals surface area contributed by atoms with Gasteiger partial charge in [0.15, 0.2) is 0 Å². The topological polar surface area (TPSA) is 66.4 Å². The van der Waals surface area contributed by atoms with Crippen LogP contribution in [0.15, 0.2) is 41.8 Å². The van der Waals surface area contributed by atoms with E-state index >= 15 is 0 Å². The van der Waals surface area contributed by atoms with Gasteiger partial charge in [-0.15, -0.1) is 11.3 Å². The van der Waals surface area contributed by atoms with E-state index in [1.54, 1.807) is 11.3 Å². The Labute approximate surface area is 139 Å². The number of carboxylic acid groups (broad SMARTS) is 1. The Morgan fingerprint density at radius 2 is 2.04 bits per heavy atom. The highest BCUT2D eigenvalue weighted by molar-refractivity contribution is 7.10. The highest BCUT2D eigenvalue weighted by Gasteiger charge is 2.46. The summed E-state index contributed by atoms with van der Waals surface area (Å²) in [5, 5.41) is 14.1. The van der Waals surface area contributed by atoms with Crippen LogP contribution in [-0.2, 0) is 16.0 Å². The highest BCUT2D eigenvalue weighted by Crippen LogP contribution is 2.50. The molecule has 1 saturated carbocycles. The number of hydrogen-bond acceptors (Lipinski definition) is 3. The van der Waals surface area contributed by atoms with E-state index in [-0.39, 0.29) is 17.7 Å². The van der Waals surface area contributed by atoms with Gasteiger partial charge in [0.1, 0.15) is 6.04 Å². The molecule has 5 heteroatoms. The molecule has 1 amide bonds. The molecule has 1 heterocycles. The van der Waals surface area contributed by atoms with Crippen LogP contribution in [-0.4, -0.2) is 23.0 Å². The number of amides is 1. The van der Waals surface area contributed by atoms with Gasteiger partial charge >= 0.3 is 5.97 Å². The van der Waals surface area contributed by atoms with E-state index < -0.39 is 12.0 Å². The Hall–Kier alpha value is -2.14. The van der Waals surface area contributed by atoms with Gasteiger partial charge in [0.05, 0.1) is 0 Å². The van der Waals surface area contributed by atoms with Crippen LogP contribution in [0, 0.1) is 12.8 Å². The van der Waals surface area contributed by atoms with Gasteiger partial charge < -0.3 is 10.4 Å². The van der Waals surface area contributed by atoms with Crippen molar-refractivity contribution in [2.75, 3.05) is 0 Å². The zero-order valence-electron chi connectivity index (χ0n) is 12.9. The Bertz CT molecular complexity index is 710. The second-order valence-electron chi connectivity index (χ2n) is 6.01. The average molecular weight is 329 g/mol. The molecular weight excluding hydrogens is 310 g/mol.